The van der Waals surface area contributed by atoms with Crippen molar-refractivity contribution in [1.29, 1.82) is 0 Å². The molecule has 0 saturated carbocycles. The Morgan fingerprint density at radius 1 is 1.26 bits per heavy atom. The number of aromatic nitrogens is 2. The van der Waals surface area contributed by atoms with E-state index in [9.17, 15) is 14.7 Å². The van der Waals surface area contributed by atoms with Gasteiger partial charge in [-0.25, -0.2) is 4.79 Å². The van der Waals surface area contributed by atoms with Crippen molar-refractivity contribution < 1.29 is 47.3 Å². The number of esters is 1. The van der Waals surface area contributed by atoms with Gasteiger partial charge in [-0.1, -0.05) is 31.0 Å². The number of carbonyl (C=O) groups is 1. The molecule has 4 heterocycles. The van der Waals surface area contributed by atoms with E-state index in [0.29, 0.717) is 29.1 Å². The van der Waals surface area contributed by atoms with Crippen molar-refractivity contribution in [2.75, 3.05) is 5.73 Å². The summed E-state index contributed by atoms with van der Waals surface area (Å²) in [6.07, 6.45) is 2.92. The summed E-state index contributed by atoms with van der Waals surface area (Å²) in [6.45, 7) is 2.00. The Morgan fingerprint density at radius 2 is 2.03 bits per heavy atom. The van der Waals surface area contributed by atoms with E-state index in [0.717, 1.165) is 47.0 Å². The monoisotopic (exact) mass is 491 g/mol. The molecule has 3 aliphatic rings. The Balaban J connectivity index is 0.00000204. The molecule has 0 saturated heterocycles. The number of fused-ring (bicyclic) bond motifs is 5. The van der Waals surface area contributed by atoms with Crippen LogP contribution in [0.4, 0.5) is 5.69 Å². The van der Waals surface area contributed by atoms with Gasteiger partial charge in [-0.15, -0.1) is 17.0 Å². The Kier molecular flexibility index (Phi) is 4.67. The van der Waals surface area contributed by atoms with E-state index < -0.39 is 11.6 Å². The Morgan fingerprint density at radius 3 is 2.81 bits per heavy atom. The molecular formula is C23H20N3O4Y-. The number of nitrogens with two attached hydrogens (primary N) is 1. The number of rotatable bonds is 1. The summed E-state index contributed by atoms with van der Waals surface area (Å²) >= 11 is 0. The number of pyridine rings is 2. The summed E-state index contributed by atoms with van der Waals surface area (Å²) in [5.74, 6) is -0.712. The first-order chi connectivity index (χ1) is 14.4. The van der Waals surface area contributed by atoms with Crippen LogP contribution in [0.25, 0.3) is 22.3 Å². The van der Waals surface area contributed by atoms with Gasteiger partial charge in [0.1, 0.15) is 6.61 Å². The van der Waals surface area contributed by atoms with Gasteiger partial charge in [0.25, 0.3) is 5.56 Å². The number of carbonyl (C=O) groups excluding carboxylic acids is 1. The van der Waals surface area contributed by atoms with Gasteiger partial charge in [0.15, 0.2) is 5.60 Å². The van der Waals surface area contributed by atoms with Gasteiger partial charge in [-0.05, 0) is 24.4 Å². The first-order valence-electron chi connectivity index (χ1n) is 10.3. The first-order valence-corrected chi connectivity index (χ1v) is 10.3. The molecule has 3 aromatic rings. The Hall–Kier alpha value is -2.09. The molecule has 1 aliphatic carbocycles. The molecule has 155 valence electrons. The van der Waals surface area contributed by atoms with Crippen LogP contribution in [0, 0.1) is 6.07 Å². The van der Waals surface area contributed by atoms with Gasteiger partial charge >= 0.3 is 5.97 Å². The number of aryl methyl sites for hydroxylation is 2. The first kappa shape index (κ1) is 20.8. The van der Waals surface area contributed by atoms with E-state index in [1.165, 1.54) is 5.56 Å². The van der Waals surface area contributed by atoms with Crippen LogP contribution in [-0.4, -0.2) is 20.6 Å². The van der Waals surface area contributed by atoms with Crippen LogP contribution >= 0.6 is 0 Å². The normalized spacial score (nSPS) is 20.5. The smallest absolute Gasteiger partial charge is 0.343 e. The number of benzene rings is 1. The predicted molar refractivity (Wildman–Crippen MR) is 110 cm³/mol. The van der Waals surface area contributed by atoms with Crippen LogP contribution in [0.3, 0.4) is 0 Å². The summed E-state index contributed by atoms with van der Waals surface area (Å²) in [6, 6.07) is 6.67. The molecule has 2 aromatic heterocycles. The minimum absolute atomic E-state index is 0. The molecule has 0 spiro atoms. The topological polar surface area (TPSA) is 107 Å². The largest absolute Gasteiger partial charge is 0.458 e. The average Bonchev–Trinajstić information content (AvgIpc) is 3.13. The second-order valence-electron chi connectivity index (χ2n) is 8.32. The molecule has 8 heteroatoms. The zero-order chi connectivity index (χ0) is 20.8. The van der Waals surface area contributed by atoms with Gasteiger partial charge < -0.3 is 25.1 Å². The third-order valence-corrected chi connectivity index (χ3v) is 6.89. The Labute approximate surface area is 203 Å². The molecule has 1 aromatic carbocycles. The zero-order valence-corrected chi connectivity index (χ0v) is 20.0. The van der Waals surface area contributed by atoms with Gasteiger partial charge in [-0.2, -0.15) is 6.07 Å². The quantitative estimate of drug-likeness (QED) is 0.240. The van der Waals surface area contributed by atoms with Gasteiger partial charge in [0.05, 0.1) is 23.5 Å². The summed E-state index contributed by atoms with van der Waals surface area (Å²) in [5, 5.41) is 12.1. The minimum Gasteiger partial charge on any atom is -0.458 e. The second kappa shape index (κ2) is 6.96. The van der Waals surface area contributed by atoms with E-state index in [-0.39, 0.29) is 51.3 Å². The van der Waals surface area contributed by atoms with Crippen molar-refractivity contribution in [3.8, 4) is 11.4 Å². The van der Waals surface area contributed by atoms with Crippen LogP contribution in [0.1, 0.15) is 47.6 Å². The van der Waals surface area contributed by atoms with E-state index in [1.54, 1.807) is 17.6 Å². The summed E-state index contributed by atoms with van der Waals surface area (Å²) in [5.41, 5.74) is 11.0. The molecule has 31 heavy (non-hydrogen) atoms. The standard InChI is InChI=1S/C23H20N3O4.Y/c1-2-23(29)15-8-18-20-13(9-26(18)21(27)14(15)10-30-22(23)28)11-4-3-5-12-16(24)6-7-17(25-20)19(11)12;/h7-8,29H,2-5,9-10,24H2,1H3;/q-1;/t23-;/m0./s1. The molecule has 1 atom stereocenters. The summed E-state index contributed by atoms with van der Waals surface area (Å²) in [7, 11) is 0. The molecule has 7 nitrogen and oxygen atoms in total. The van der Waals surface area contributed by atoms with Crippen LogP contribution in [0.2, 0.25) is 0 Å². The van der Waals surface area contributed by atoms with Gasteiger partial charge in [0.2, 0.25) is 0 Å². The number of aliphatic hydroxyl groups is 1. The van der Waals surface area contributed by atoms with Crippen LogP contribution < -0.4 is 11.3 Å². The molecule has 0 bridgehead atoms. The van der Waals surface area contributed by atoms with Crippen LogP contribution in [-0.2, 0) is 73.8 Å². The second-order valence-corrected chi connectivity index (χ2v) is 8.32. The van der Waals surface area contributed by atoms with Crippen molar-refractivity contribution in [2.45, 2.75) is 51.4 Å². The maximum Gasteiger partial charge on any atom is 0.343 e. The summed E-state index contributed by atoms with van der Waals surface area (Å²) < 4.78 is 6.82. The number of nitrogens with zero attached hydrogens (tertiary/aromatic N) is 2. The number of nitrogen functional groups attached to an aromatic ring is 1. The molecule has 2 aliphatic heterocycles. The minimum atomic E-state index is -1.81. The van der Waals surface area contributed by atoms with Crippen molar-refractivity contribution >= 4 is 22.6 Å². The van der Waals surface area contributed by atoms with Gasteiger partial charge in [-0.3, -0.25) is 4.79 Å². The Bertz CT molecular complexity index is 1360. The molecular weight excluding hydrogens is 471 g/mol. The van der Waals surface area contributed by atoms with E-state index in [4.69, 9.17) is 15.5 Å². The number of anilines is 1. The van der Waals surface area contributed by atoms with Crippen LogP contribution in [0.5, 0.6) is 0 Å². The fraction of sp³-hybridized carbons (Fsp3) is 0.348. The molecule has 1 radical (unpaired) electrons. The molecule has 6 rings (SSSR count). The SMILES string of the molecule is CC[C@@]1(O)C(=O)OCc2c1cc1n(c2=O)Cc2c-1nc1c[c-]c(N)c3c1c2CCC3.[Y]. The summed E-state index contributed by atoms with van der Waals surface area (Å²) in [4.78, 5) is 30.5. The maximum atomic E-state index is 13.3. The van der Waals surface area contributed by atoms with Crippen molar-refractivity contribution in [3.05, 3.63) is 56.4 Å². The third kappa shape index (κ3) is 2.60. The van der Waals surface area contributed by atoms with E-state index >= 15 is 0 Å². The predicted octanol–water partition coefficient (Wildman–Crippen LogP) is 1.95. The fourth-order valence-corrected chi connectivity index (χ4v) is 5.27. The number of hydrogen-bond donors (Lipinski definition) is 2. The van der Waals surface area contributed by atoms with Crippen molar-refractivity contribution in [2.24, 2.45) is 0 Å². The molecule has 0 fully saturated rings. The fourth-order valence-electron chi connectivity index (χ4n) is 5.27. The third-order valence-electron chi connectivity index (χ3n) is 6.89. The number of hydrogen-bond acceptors (Lipinski definition) is 6. The van der Waals surface area contributed by atoms with Crippen molar-refractivity contribution in [3.63, 3.8) is 0 Å². The number of ether oxygens (including phenoxy) is 1. The molecule has 0 amide bonds. The average molecular weight is 491 g/mol. The number of cyclic esters (lactones) is 1. The zero-order valence-electron chi connectivity index (χ0n) is 17.1. The molecule has 3 N–H and O–H groups in total. The van der Waals surface area contributed by atoms with E-state index in [1.807, 2.05) is 6.07 Å². The van der Waals surface area contributed by atoms with E-state index in [2.05, 4.69) is 6.07 Å². The molecule has 0 unspecified atom stereocenters. The van der Waals surface area contributed by atoms with Gasteiger partial charge in [0, 0.05) is 43.8 Å². The maximum absolute atomic E-state index is 13.3. The van der Waals surface area contributed by atoms with Crippen LogP contribution in [0.15, 0.2) is 16.9 Å². The van der Waals surface area contributed by atoms with Crippen molar-refractivity contribution in [1.82, 2.24) is 9.55 Å².